The number of piperidine rings is 1. The Morgan fingerprint density at radius 1 is 0.756 bits per heavy atom. The summed E-state index contributed by atoms with van der Waals surface area (Å²) in [6, 6.07) is 12.1. The Kier molecular flexibility index (Phi) is 8.19. The van der Waals surface area contributed by atoms with Crippen molar-refractivity contribution in [2.24, 2.45) is 0 Å². The Morgan fingerprint density at radius 3 is 1.85 bits per heavy atom. The van der Waals surface area contributed by atoms with Crippen LogP contribution in [-0.2, 0) is 0 Å². The normalized spacial score (nSPS) is 13.6. The zero-order valence-electron chi connectivity index (χ0n) is 22.6. The largest absolute Gasteiger partial charge is 0.476 e. The predicted octanol–water partition coefficient (Wildman–Crippen LogP) is 8.19. The first-order valence-corrected chi connectivity index (χ1v) is 15.6. The van der Waals surface area contributed by atoms with Crippen LogP contribution in [0.4, 0.5) is 5.95 Å². The summed E-state index contributed by atoms with van der Waals surface area (Å²) < 4.78 is 13.3. The van der Waals surface area contributed by atoms with Crippen LogP contribution in [0.2, 0.25) is 5.28 Å². The number of hydrogen-bond acceptors (Lipinski definition) is 7. The van der Waals surface area contributed by atoms with E-state index < -0.39 is 0 Å². The fourth-order valence-corrected chi connectivity index (χ4v) is 5.97. The summed E-state index contributed by atoms with van der Waals surface area (Å²) in [5.74, 6) is 1.91. The van der Waals surface area contributed by atoms with Crippen molar-refractivity contribution in [2.45, 2.75) is 33.1 Å². The lowest BCUT2D eigenvalue weighted by Crippen LogP contribution is -2.31. The van der Waals surface area contributed by atoms with Gasteiger partial charge in [-0.3, -0.25) is 0 Å². The zero-order chi connectivity index (χ0) is 28.5. The zero-order valence-corrected chi connectivity index (χ0v) is 26.5. The highest BCUT2D eigenvalue weighted by atomic mass is 79.9. The number of fused-ring (bicyclic) bond motifs is 6. The first-order valence-electron chi connectivity index (χ1n) is 13.6. The molecule has 2 N–H and O–H groups in total. The van der Waals surface area contributed by atoms with Crippen LogP contribution >= 0.6 is 43.5 Å². The molecule has 2 aromatic carbocycles. The number of halogens is 3. The lowest BCUT2D eigenvalue weighted by atomic mass is 10.1. The number of aromatic amines is 2. The number of nitrogens with one attached hydrogen (secondary N) is 2. The Hall–Kier alpha value is -3.15. The van der Waals surface area contributed by atoms with Crippen LogP contribution in [-0.4, -0.2) is 56.2 Å². The van der Waals surface area contributed by atoms with Crippen LogP contribution in [0.5, 0.6) is 11.8 Å². The molecule has 4 aromatic heterocycles. The molecule has 0 spiro atoms. The molecule has 1 aliphatic rings. The highest BCUT2D eigenvalue weighted by molar-refractivity contribution is 9.10. The lowest BCUT2D eigenvalue weighted by Gasteiger charge is -2.26. The second kappa shape index (κ2) is 12.0. The molecule has 1 fully saturated rings. The van der Waals surface area contributed by atoms with Crippen LogP contribution in [0.25, 0.3) is 43.9 Å². The Labute approximate surface area is 258 Å². The van der Waals surface area contributed by atoms with E-state index in [0.29, 0.717) is 25.0 Å². The van der Waals surface area contributed by atoms with Gasteiger partial charge >= 0.3 is 0 Å². The van der Waals surface area contributed by atoms with Gasteiger partial charge < -0.3 is 24.3 Å². The summed E-state index contributed by atoms with van der Waals surface area (Å²) in [5, 5.41) is 2.27. The Morgan fingerprint density at radius 2 is 1.29 bits per heavy atom. The maximum absolute atomic E-state index is 5.93. The van der Waals surface area contributed by atoms with E-state index in [4.69, 9.17) is 26.1 Å². The fraction of sp³-hybridized carbons (Fsp3) is 0.310. The molecule has 41 heavy (non-hydrogen) atoms. The highest BCUT2D eigenvalue weighted by Crippen LogP contribution is 2.34. The number of rotatable bonds is 5. The monoisotopic (exact) mass is 699 g/mol. The van der Waals surface area contributed by atoms with Gasteiger partial charge in [-0.2, -0.15) is 9.97 Å². The van der Waals surface area contributed by atoms with Crippen molar-refractivity contribution in [3.8, 4) is 11.8 Å². The van der Waals surface area contributed by atoms with Gasteiger partial charge in [0, 0.05) is 43.8 Å². The van der Waals surface area contributed by atoms with E-state index in [1.807, 2.05) is 38.1 Å². The van der Waals surface area contributed by atoms with Gasteiger partial charge in [0.05, 0.1) is 13.2 Å². The van der Waals surface area contributed by atoms with E-state index >= 15 is 0 Å². The molecule has 1 saturated heterocycles. The molecule has 212 valence electrons. The highest BCUT2D eigenvalue weighted by Gasteiger charge is 2.20. The first kappa shape index (κ1) is 28.0. The summed E-state index contributed by atoms with van der Waals surface area (Å²) in [6.45, 7) is 7.03. The summed E-state index contributed by atoms with van der Waals surface area (Å²) >= 11 is 12.9. The second-order valence-electron chi connectivity index (χ2n) is 9.62. The van der Waals surface area contributed by atoms with Crippen LogP contribution < -0.4 is 14.4 Å². The van der Waals surface area contributed by atoms with Crippen molar-refractivity contribution in [3.63, 3.8) is 0 Å². The number of hydrogen-bond donors (Lipinski definition) is 2. The van der Waals surface area contributed by atoms with Crippen LogP contribution in [0.3, 0.4) is 0 Å². The van der Waals surface area contributed by atoms with Gasteiger partial charge in [0.25, 0.3) is 0 Å². The standard InChI is InChI=1S/C17H19BrN4O.C12H9BrClN3O/c1-2-23-16-15-14(12-10-11(18)6-7-13(12)19-15)20-17(21-16)22-8-4-3-5-9-22;1-2-18-11-10-9(16-12(14)17-11)7-5-6(13)3-4-8(7)15-10/h6-7,10,19H,2-5,8-9H2,1H3;3-5,15H,2H2,1H3. The van der Waals surface area contributed by atoms with Gasteiger partial charge in [0.2, 0.25) is 23.0 Å². The number of ether oxygens (including phenoxy) is 2. The topological polar surface area (TPSA) is 105 Å². The van der Waals surface area contributed by atoms with Gasteiger partial charge in [-0.15, -0.1) is 0 Å². The molecule has 0 radical (unpaired) electrons. The number of nitrogens with zero attached hydrogens (tertiary/aromatic N) is 5. The van der Waals surface area contributed by atoms with Gasteiger partial charge in [-0.05, 0) is 81.1 Å². The van der Waals surface area contributed by atoms with Crippen molar-refractivity contribution < 1.29 is 9.47 Å². The quantitative estimate of drug-likeness (QED) is 0.175. The molecule has 7 rings (SSSR count). The van der Waals surface area contributed by atoms with Gasteiger partial charge in [-0.25, -0.2) is 9.97 Å². The minimum Gasteiger partial charge on any atom is -0.476 e. The molecule has 0 amide bonds. The predicted molar refractivity (Wildman–Crippen MR) is 172 cm³/mol. The Balaban J connectivity index is 0.000000152. The van der Waals surface area contributed by atoms with E-state index in [2.05, 4.69) is 73.8 Å². The number of anilines is 1. The van der Waals surface area contributed by atoms with Crippen LogP contribution in [0.15, 0.2) is 45.3 Å². The summed E-state index contributed by atoms with van der Waals surface area (Å²) in [6.07, 6.45) is 3.69. The molecule has 0 unspecified atom stereocenters. The minimum absolute atomic E-state index is 0.187. The van der Waals surface area contributed by atoms with Crippen LogP contribution in [0.1, 0.15) is 33.1 Å². The maximum Gasteiger partial charge on any atom is 0.243 e. The van der Waals surface area contributed by atoms with E-state index in [1.165, 1.54) is 19.3 Å². The molecule has 6 aromatic rings. The van der Waals surface area contributed by atoms with E-state index in [0.717, 1.165) is 71.9 Å². The summed E-state index contributed by atoms with van der Waals surface area (Å²) in [7, 11) is 0. The van der Waals surface area contributed by atoms with Gasteiger partial charge in [-0.1, -0.05) is 31.9 Å². The molecule has 0 bridgehead atoms. The Bertz CT molecular complexity index is 1870. The SMILES string of the molecule is CCOc1nc(Cl)nc2c1[nH]c1ccc(Br)cc12.CCOc1nc(N2CCCCC2)nc2c1[nH]c1ccc(Br)cc12. The molecular formula is C29H28Br2ClN7O2. The molecule has 12 heteroatoms. The van der Waals surface area contributed by atoms with Crippen molar-refractivity contribution in [1.29, 1.82) is 0 Å². The third kappa shape index (κ3) is 5.67. The molecule has 1 aliphatic heterocycles. The number of aromatic nitrogens is 6. The van der Waals surface area contributed by atoms with Crippen molar-refractivity contribution in [2.75, 3.05) is 31.2 Å². The minimum atomic E-state index is 0.187. The third-order valence-electron chi connectivity index (χ3n) is 6.91. The van der Waals surface area contributed by atoms with Crippen LogP contribution in [0, 0.1) is 0 Å². The fourth-order valence-electron chi connectivity index (χ4n) is 5.09. The number of H-pyrrole nitrogens is 2. The third-order valence-corrected chi connectivity index (χ3v) is 8.06. The van der Waals surface area contributed by atoms with Crippen molar-refractivity contribution >= 4 is 93.3 Å². The molecular weight excluding hydrogens is 674 g/mol. The molecule has 0 saturated carbocycles. The smallest absolute Gasteiger partial charge is 0.243 e. The molecule has 5 heterocycles. The van der Waals surface area contributed by atoms with E-state index in [9.17, 15) is 0 Å². The average molecular weight is 702 g/mol. The van der Waals surface area contributed by atoms with Crippen molar-refractivity contribution in [1.82, 2.24) is 29.9 Å². The molecule has 9 nitrogen and oxygen atoms in total. The average Bonchev–Trinajstić information content (AvgIpc) is 3.52. The van der Waals surface area contributed by atoms with E-state index in [1.54, 1.807) is 0 Å². The van der Waals surface area contributed by atoms with Crippen molar-refractivity contribution in [3.05, 3.63) is 50.6 Å². The van der Waals surface area contributed by atoms with Gasteiger partial charge in [0.1, 0.15) is 22.1 Å². The summed E-state index contributed by atoms with van der Waals surface area (Å²) in [4.78, 5) is 26.8. The van der Waals surface area contributed by atoms with E-state index in [-0.39, 0.29) is 5.28 Å². The molecule has 0 aliphatic carbocycles. The first-order chi connectivity index (χ1) is 19.9. The maximum atomic E-state index is 5.93. The van der Waals surface area contributed by atoms with Gasteiger partial charge in [0.15, 0.2) is 0 Å². The number of benzene rings is 2. The second-order valence-corrected chi connectivity index (χ2v) is 11.8. The molecule has 0 atom stereocenters. The summed E-state index contributed by atoms with van der Waals surface area (Å²) in [5.41, 5.74) is 5.38. The lowest BCUT2D eigenvalue weighted by molar-refractivity contribution is 0.330.